The Hall–Kier alpha value is -0.810. The summed E-state index contributed by atoms with van der Waals surface area (Å²) in [4.78, 5) is 6.71. The van der Waals surface area contributed by atoms with Gasteiger partial charge in [0.15, 0.2) is 5.96 Å². The van der Waals surface area contributed by atoms with E-state index in [9.17, 15) is 0 Å². The van der Waals surface area contributed by atoms with Gasteiger partial charge in [-0.25, -0.2) is 0 Å². The van der Waals surface area contributed by atoms with Crippen molar-refractivity contribution in [2.45, 2.75) is 39.0 Å². The zero-order chi connectivity index (χ0) is 14.9. The van der Waals surface area contributed by atoms with Gasteiger partial charge in [-0.05, 0) is 43.9 Å². The number of likely N-dealkylation sites (tertiary alicyclic amines) is 1. The average Bonchev–Trinajstić information content (AvgIpc) is 2.51. The van der Waals surface area contributed by atoms with Crippen LogP contribution in [0, 0.1) is 11.8 Å². The van der Waals surface area contributed by atoms with Crippen LogP contribution < -0.4 is 5.73 Å². The fourth-order valence-electron chi connectivity index (χ4n) is 3.02. The van der Waals surface area contributed by atoms with Crippen molar-refractivity contribution in [3.8, 4) is 0 Å². The molecule has 2 saturated heterocycles. The molecule has 2 N–H and O–H groups in total. The van der Waals surface area contributed by atoms with Gasteiger partial charge in [0, 0.05) is 46.1 Å². The van der Waals surface area contributed by atoms with Gasteiger partial charge in [0.2, 0.25) is 0 Å². The summed E-state index contributed by atoms with van der Waals surface area (Å²) in [7, 11) is 0. The van der Waals surface area contributed by atoms with Crippen LogP contribution in [0.1, 0.15) is 39.0 Å². The van der Waals surface area contributed by atoms with Gasteiger partial charge in [-0.3, -0.25) is 4.99 Å². The molecule has 2 fully saturated rings. The molecule has 0 aliphatic carbocycles. The number of piperidine rings is 1. The van der Waals surface area contributed by atoms with Crippen molar-refractivity contribution in [2.24, 2.45) is 22.6 Å². The van der Waals surface area contributed by atoms with E-state index in [0.717, 1.165) is 71.2 Å². The fraction of sp³-hybridized carbons (Fsp3) is 0.938. The summed E-state index contributed by atoms with van der Waals surface area (Å²) in [5, 5.41) is 0. The predicted molar refractivity (Wildman–Crippen MR) is 85.4 cm³/mol. The Morgan fingerprint density at radius 1 is 1.33 bits per heavy atom. The Labute approximate surface area is 128 Å². The number of guanidine groups is 1. The average molecular weight is 297 g/mol. The summed E-state index contributed by atoms with van der Waals surface area (Å²) >= 11 is 0. The van der Waals surface area contributed by atoms with Gasteiger partial charge >= 0.3 is 0 Å². The lowest BCUT2D eigenvalue weighted by molar-refractivity contribution is 0.0205. The highest BCUT2D eigenvalue weighted by atomic mass is 16.5. The third kappa shape index (κ3) is 6.22. The lowest BCUT2D eigenvalue weighted by atomic mass is 10.0. The number of nitrogens with two attached hydrogens (primary N) is 1. The highest BCUT2D eigenvalue weighted by Gasteiger charge is 2.17. The second-order valence-corrected chi connectivity index (χ2v) is 6.42. The molecule has 2 rings (SSSR count). The van der Waals surface area contributed by atoms with Gasteiger partial charge in [-0.15, -0.1) is 0 Å². The maximum atomic E-state index is 6.06. The lowest BCUT2D eigenvalue weighted by Gasteiger charge is -2.31. The minimum Gasteiger partial charge on any atom is -0.381 e. The van der Waals surface area contributed by atoms with E-state index in [-0.39, 0.29) is 0 Å². The van der Waals surface area contributed by atoms with Crippen LogP contribution in [0.5, 0.6) is 0 Å². The molecule has 0 aromatic rings. The topological polar surface area (TPSA) is 60.1 Å². The highest BCUT2D eigenvalue weighted by molar-refractivity contribution is 5.78. The smallest absolute Gasteiger partial charge is 0.191 e. The van der Waals surface area contributed by atoms with Gasteiger partial charge in [0.25, 0.3) is 0 Å². The van der Waals surface area contributed by atoms with Gasteiger partial charge in [-0.1, -0.05) is 6.92 Å². The summed E-state index contributed by atoms with van der Waals surface area (Å²) in [6.07, 6.45) is 5.76. The number of hydrogen-bond acceptors (Lipinski definition) is 3. The van der Waals surface area contributed by atoms with Crippen molar-refractivity contribution in [1.29, 1.82) is 0 Å². The van der Waals surface area contributed by atoms with Crippen molar-refractivity contribution < 1.29 is 9.47 Å². The van der Waals surface area contributed by atoms with Gasteiger partial charge in [0.1, 0.15) is 0 Å². The molecule has 2 aliphatic heterocycles. The van der Waals surface area contributed by atoms with Gasteiger partial charge in [-0.2, -0.15) is 0 Å². The first-order valence-electron chi connectivity index (χ1n) is 8.46. The summed E-state index contributed by atoms with van der Waals surface area (Å²) in [5.41, 5.74) is 6.06. The second-order valence-electron chi connectivity index (χ2n) is 6.42. The van der Waals surface area contributed by atoms with Crippen molar-refractivity contribution in [3.63, 3.8) is 0 Å². The Bertz CT molecular complexity index is 317. The largest absolute Gasteiger partial charge is 0.381 e. The lowest BCUT2D eigenvalue weighted by Crippen LogP contribution is -2.43. The van der Waals surface area contributed by atoms with E-state index in [1.165, 1.54) is 12.8 Å². The molecular weight excluding hydrogens is 266 g/mol. The molecule has 122 valence electrons. The molecule has 0 spiro atoms. The molecule has 0 saturated carbocycles. The number of aliphatic imine (C=N–C) groups is 1. The third-order valence-corrected chi connectivity index (χ3v) is 4.40. The first kappa shape index (κ1) is 16.6. The van der Waals surface area contributed by atoms with E-state index < -0.39 is 0 Å². The minimum atomic E-state index is 0.683. The summed E-state index contributed by atoms with van der Waals surface area (Å²) in [6.45, 7) is 8.59. The van der Waals surface area contributed by atoms with Crippen LogP contribution in [-0.4, -0.2) is 56.9 Å². The van der Waals surface area contributed by atoms with E-state index in [1.807, 2.05) is 0 Å². The predicted octanol–water partition coefficient (Wildman–Crippen LogP) is 1.87. The first-order valence-corrected chi connectivity index (χ1v) is 8.46. The minimum absolute atomic E-state index is 0.683. The number of rotatable bonds is 6. The first-order chi connectivity index (χ1) is 10.3. The second kappa shape index (κ2) is 9.26. The zero-order valence-electron chi connectivity index (χ0n) is 13.4. The Morgan fingerprint density at radius 3 is 2.90 bits per heavy atom. The molecule has 2 aliphatic rings. The molecule has 0 aromatic heterocycles. The summed E-state index contributed by atoms with van der Waals surface area (Å²) < 4.78 is 11.1. The highest BCUT2D eigenvalue weighted by Crippen LogP contribution is 2.15. The standard InChI is InChI=1S/C16H31N3O2/c1-14-4-2-8-19(12-14)16(17)18-7-3-9-21-13-15-5-10-20-11-6-15/h14-15H,2-13H2,1H3,(H2,17,18). The van der Waals surface area contributed by atoms with Crippen LogP contribution in [0.4, 0.5) is 0 Å². The van der Waals surface area contributed by atoms with Crippen molar-refractivity contribution >= 4 is 5.96 Å². The number of ether oxygens (including phenoxy) is 2. The van der Waals surface area contributed by atoms with E-state index in [1.54, 1.807) is 0 Å². The zero-order valence-corrected chi connectivity index (χ0v) is 13.4. The molecule has 0 amide bonds. The fourth-order valence-corrected chi connectivity index (χ4v) is 3.02. The summed E-state index contributed by atoms with van der Waals surface area (Å²) in [6, 6.07) is 0. The molecule has 5 nitrogen and oxygen atoms in total. The SMILES string of the molecule is CC1CCCN(C(N)=NCCCOCC2CCOCC2)C1. The molecule has 0 radical (unpaired) electrons. The molecule has 1 atom stereocenters. The van der Waals surface area contributed by atoms with Crippen LogP contribution in [0.25, 0.3) is 0 Å². The van der Waals surface area contributed by atoms with E-state index in [0.29, 0.717) is 11.9 Å². The van der Waals surface area contributed by atoms with Crippen LogP contribution in [-0.2, 0) is 9.47 Å². The quantitative estimate of drug-likeness (QED) is 0.462. The van der Waals surface area contributed by atoms with Gasteiger partial charge in [0.05, 0.1) is 0 Å². The molecule has 0 aromatic carbocycles. The van der Waals surface area contributed by atoms with Crippen LogP contribution in [0.2, 0.25) is 0 Å². The molecule has 21 heavy (non-hydrogen) atoms. The molecule has 5 heteroatoms. The normalized spacial score (nSPS) is 25.3. The number of nitrogens with zero attached hydrogens (tertiary/aromatic N) is 2. The maximum Gasteiger partial charge on any atom is 0.191 e. The summed E-state index contributed by atoms with van der Waals surface area (Å²) in [5.74, 6) is 2.13. The van der Waals surface area contributed by atoms with E-state index in [4.69, 9.17) is 15.2 Å². The Kier molecular flexibility index (Phi) is 7.30. The van der Waals surface area contributed by atoms with E-state index in [2.05, 4.69) is 16.8 Å². The molecule has 0 bridgehead atoms. The Balaban J connectivity index is 1.52. The monoisotopic (exact) mass is 297 g/mol. The van der Waals surface area contributed by atoms with Gasteiger partial charge < -0.3 is 20.1 Å². The Morgan fingerprint density at radius 2 is 2.14 bits per heavy atom. The van der Waals surface area contributed by atoms with Crippen LogP contribution in [0.15, 0.2) is 4.99 Å². The van der Waals surface area contributed by atoms with E-state index >= 15 is 0 Å². The van der Waals surface area contributed by atoms with Crippen LogP contribution in [0.3, 0.4) is 0 Å². The third-order valence-electron chi connectivity index (χ3n) is 4.40. The van der Waals surface area contributed by atoms with Crippen molar-refractivity contribution in [2.75, 3.05) is 46.1 Å². The van der Waals surface area contributed by atoms with Crippen LogP contribution >= 0.6 is 0 Å². The maximum absolute atomic E-state index is 6.06. The molecule has 2 heterocycles. The number of hydrogen-bond donors (Lipinski definition) is 1. The van der Waals surface area contributed by atoms with Crippen molar-refractivity contribution in [1.82, 2.24) is 4.90 Å². The van der Waals surface area contributed by atoms with Crippen molar-refractivity contribution in [3.05, 3.63) is 0 Å². The molecule has 1 unspecified atom stereocenters. The molecular formula is C16H31N3O2.